The van der Waals surface area contributed by atoms with E-state index in [1.54, 1.807) is 0 Å². The predicted molar refractivity (Wildman–Crippen MR) is 175 cm³/mol. The van der Waals surface area contributed by atoms with Gasteiger partial charge < -0.3 is 9.80 Å². The summed E-state index contributed by atoms with van der Waals surface area (Å²) in [6.45, 7) is 0. The molecule has 0 heterocycles. The summed E-state index contributed by atoms with van der Waals surface area (Å²) in [5.74, 6) is 0.488. The van der Waals surface area contributed by atoms with E-state index in [4.69, 9.17) is 0 Å². The zero-order valence-electron chi connectivity index (χ0n) is 23.2. The number of nitrogens with zero attached hydrogens (tertiary/aromatic N) is 2. The van der Waals surface area contributed by atoms with Crippen LogP contribution in [0.1, 0.15) is 0 Å². The molecule has 0 radical (unpaired) electrons. The fraction of sp³-hybridized carbons (Fsp3) is 0.0500. The van der Waals surface area contributed by atoms with Crippen molar-refractivity contribution in [1.29, 1.82) is 0 Å². The first-order chi connectivity index (χ1) is 20.9. The lowest BCUT2D eigenvalue weighted by Gasteiger charge is -2.45. The Morgan fingerprint density at radius 2 is 0.833 bits per heavy atom. The highest BCUT2D eigenvalue weighted by molar-refractivity contribution is 5.77. The quantitative estimate of drug-likeness (QED) is 0.241. The molecule has 2 atom stereocenters. The Balaban J connectivity index is 1.28. The molecular weight excluding hydrogens is 508 g/mol. The van der Waals surface area contributed by atoms with Gasteiger partial charge in [-0.1, -0.05) is 109 Å². The zero-order chi connectivity index (χ0) is 27.9. The van der Waals surface area contributed by atoms with Gasteiger partial charge in [0.25, 0.3) is 0 Å². The van der Waals surface area contributed by atoms with E-state index < -0.39 is 0 Å². The molecular formula is C40H30N2. The van der Waals surface area contributed by atoms with Crippen molar-refractivity contribution in [3.63, 3.8) is 0 Å². The predicted octanol–water partition coefficient (Wildman–Crippen LogP) is 9.98. The zero-order valence-corrected chi connectivity index (χ0v) is 23.2. The van der Waals surface area contributed by atoms with Crippen molar-refractivity contribution in [1.82, 2.24) is 0 Å². The van der Waals surface area contributed by atoms with Gasteiger partial charge in [0, 0.05) is 46.0 Å². The Morgan fingerprint density at radius 1 is 0.381 bits per heavy atom. The SMILES string of the molecule is C1=CC2=C(N(c3ccccc3)c3ccccc3)C=CC3=CC=C4C(N(c5ccccc5)c5ccccc5)=CC=C1C4C32. The van der Waals surface area contributed by atoms with Crippen LogP contribution in [0.15, 0.2) is 204 Å². The fourth-order valence-electron chi connectivity index (χ4n) is 6.81. The van der Waals surface area contributed by atoms with Crippen LogP contribution in [-0.4, -0.2) is 0 Å². The van der Waals surface area contributed by atoms with Gasteiger partial charge in [0.2, 0.25) is 0 Å². The van der Waals surface area contributed by atoms with E-state index in [9.17, 15) is 0 Å². The fourth-order valence-corrected chi connectivity index (χ4v) is 6.81. The Morgan fingerprint density at radius 3 is 1.38 bits per heavy atom. The van der Waals surface area contributed by atoms with Gasteiger partial charge in [0.05, 0.1) is 0 Å². The topological polar surface area (TPSA) is 6.48 Å². The lowest BCUT2D eigenvalue weighted by Crippen LogP contribution is -2.35. The van der Waals surface area contributed by atoms with Crippen molar-refractivity contribution in [2.45, 2.75) is 0 Å². The largest absolute Gasteiger partial charge is 0.310 e. The van der Waals surface area contributed by atoms with Gasteiger partial charge in [-0.2, -0.15) is 0 Å². The van der Waals surface area contributed by atoms with Gasteiger partial charge in [-0.05, 0) is 83.0 Å². The number of benzene rings is 4. The van der Waals surface area contributed by atoms with E-state index in [0.29, 0.717) is 0 Å². The molecule has 4 aliphatic rings. The molecule has 0 spiro atoms. The minimum Gasteiger partial charge on any atom is -0.310 e. The van der Waals surface area contributed by atoms with Gasteiger partial charge in [-0.25, -0.2) is 0 Å². The van der Waals surface area contributed by atoms with Crippen molar-refractivity contribution in [3.8, 4) is 0 Å². The number of allylic oxidation sites excluding steroid dienone is 12. The summed E-state index contributed by atoms with van der Waals surface area (Å²) in [4.78, 5) is 4.80. The molecule has 0 aliphatic heterocycles. The molecule has 2 unspecified atom stereocenters. The summed E-state index contributed by atoms with van der Waals surface area (Å²) in [7, 11) is 0. The van der Waals surface area contributed by atoms with Crippen LogP contribution < -0.4 is 9.80 Å². The summed E-state index contributed by atoms with van der Waals surface area (Å²) in [5.41, 5.74) is 12.5. The molecule has 4 aromatic rings. The van der Waals surface area contributed by atoms with E-state index >= 15 is 0 Å². The lowest BCUT2D eigenvalue weighted by molar-refractivity contribution is 0.551. The molecule has 0 amide bonds. The minimum absolute atomic E-state index is 0.244. The van der Waals surface area contributed by atoms with Crippen LogP contribution in [0.25, 0.3) is 0 Å². The Kier molecular flexibility index (Phi) is 5.97. The van der Waals surface area contributed by atoms with E-state index in [1.165, 1.54) is 33.7 Å². The number of hydrogen-bond donors (Lipinski definition) is 0. The molecule has 0 saturated carbocycles. The van der Waals surface area contributed by atoms with E-state index in [2.05, 4.69) is 180 Å². The highest BCUT2D eigenvalue weighted by Gasteiger charge is 2.42. The number of anilines is 4. The summed E-state index contributed by atoms with van der Waals surface area (Å²) in [6, 6.07) is 42.9. The smallest absolute Gasteiger partial charge is 0.0500 e. The van der Waals surface area contributed by atoms with Crippen molar-refractivity contribution in [2.75, 3.05) is 9.80 Å². The second kappa shape index (κ2) is 10.2. The maximum Gasteiger partial charge on any atom is 0.0500 e. The molecule has 42 heavy (non-hydrogen) atoms. The van der Waals surface area contributed by atoms with Crippen LogP contribution in [0, 0.1) is 11.8 Å². The monoisotopic (exact) mass is 538 g/mol. The second-order valence-electron chi connectivity index (χ2n) is 11.0. The summed E-state index contributed by atoms with van der Waals surface area (Å²) < 4.78 is 0. The molecule has 2 heteroatoms. The summed E-state index contributed by atoms with van der Waals surface area (Å²) >= 11 is 0. The van der Waals surface area contributed by atoms with E-state index in [0.717, 1.165) is 22.7 Å². The first-order valence-corrected chi connectivity index (χ1v) is 14.6. The molecule has 2 nitrogen and oxygen atoms in total. The van der Waals surface area contributed by atoms with Crippen molar-refractivity contribution >= 4 is 22.7 Å². The molecule has 0 aromatic heterocycles. The molecule has 8 rings (SSSR count). The van der Waals surface area contributed by atoms with Crippen LogP contribution in [-0.2, 0) is 0 Å². The van der Waals surface area contributed by atoms with Gasteiger partial charge in [0.1, 0.15) is 0 Å². The molecule has 0 saturated heterocycles. The Hall–Kier alpha value is -5.34. The number of hydrogen-bond acceptors (Lipinski definition) is 2. The second-order valence-corrected chi connectivity index (χ2v) is 11.0. The van der Waals surface area contributed by atoms with Gasteiger partial charge in [-0.3, -0.25) is 0 Å². The first-order valence-electron chi connectivity index (χ1n) is 14.6. The van der Waals surface area contributed by atoms with E-state index in [1.807, 2.05) is 0 Å². The third-order valence-electron chi connectivity index (χ3n) is 8.63. The van der Waals surface area contributed by atoms with Crippen LogP contribution in [0.5, 0.6) is 0 Å². The number of para-hydroxylation sites is 4. The van der Waals surface area contributed by atoms with Crippen LogP contribution >= 0.6 is 0 Å². The molecule has 200 valence electrons. The van der Waals surface area contributed by atoms with Crippen LogP contribution in [0.4, 0.5) is 22.7 Å². The summed E-state index contributed by atoms with van der Waals surface area (Å²) in [6.07, 6.45) is 18.6. The van der Waals surface area contributed by atoms with Crippen molar-refractivity contribution in [2.24, 2.45) is 11.8 Å². The maximum absolute atomic E-state index is 2.40. The standard InChI is InChI=1S/C40H30N2/c1-5-13-31(14-6-1)41(32-15-7-2-8-16-32)37-27-23-29-22-26-36-38(28-24-30-21-25-35(37)39(29)40(30)36)42(33-17-9-3-10-18-33)34-19-11-4-12-20-34/h1-28,39-40H. The van der Waals surface area contributed by atoms with Crippen molar-refractivity contribution in [3.05, 3.63) is 204 Å². The third-order valence-corrected chi connectivity index (χ3v) is 8.63. The molecule has 0 fully saturated rings. The highest BCUT2D eigenvalue weighted by atomic mass is 15.2. The average molecular weight is 539 g/mol. The van der Waals surface area contributed by atoms with Gasteiger partial charge >= 0.3 is 0 Å². The molecule has 4 aliphatic carbocycles. The highest BCUT2D eigenvalue weighted by Crippen LogP contribution is 2.53. The average Bonchev–Trinajstić information content (AvgIpc) is 3.07. The Labute approximate surface area is 247 Å². The van der Waals surface area contributed by atoms with Gasteiger partial charge in [0.15, 0.2) is 0 Å². The summed E-state index contributed by atoms with van der Waals surface area (Å²) in [5, 5.41) is 0. The minimum atomic E-state index is 0.244. The van der Waals surface area contributed by atoms with E-state index in [-0.39, 0.29) is 11.8 Å². The maximum atomic E-state index is 2.40. The first kappa shape index (κ1) is 24.5. The normalized spacial score (nSPS) is 19.7. The molecule has 0 N–H and O–H groups in total. The number of rotatable bonds is 6. The van der Waals surface area contributed by atoms with Crippen LogP contribution in [0.3, 0.4) is 0 Å². The van der Waals surface area contributed by atoms with Gasteiger partial charge in [-0.15, -0.1) is 0 Å². The molecule has 0 bridgehead atoms. The third kappa shape index (κ3) is 4.03. The lowest BCUT2D eigenvalue weighted by atomic mass is 9.63. The Bertz CT molecular complexity index is 1770. The van der Waals surface area contributed by atoms with Crippen LogP contribution in [0.2, 0.25) is 0 Å². The molecule has 4 aromatic carbocycles. The van der Waals surface area contributed by atoms with Crippen molar-refractivity contribution < 1.29 is 0 Å².